The summed E-state index contributed by atoms with van der Waals surface area (Å²) in [5.74, 6) is -1.77. The number of pyridine rings is 1. The molecule has 0 spiro atoms. The fourth-order valence-electron chi connectivity index (χ4n) is 4.33. The molecule has 156 valence electrons. The monoisotopic (exact) mass is 427 g/mol. The quantitative estimate of drug-likeness (QED) is 0.687. The van der Waals surface area contributed by atoms with E-state index in [9.17, 15) is 14.7 Å². The molecule has 3 heterocycles. The van der Waals surface area contributed by atoms with Gasteiger partial charge in [0.2, 0.25) is 5.43 Å². The average Bonchev–Trinajstić information content (AvgIpc) is 3.42. The lowest BCUT2D eigenvalue weighted by atomic mass is 10.0. The van der Waals surface area contributed by atoms with Crippen LogP contribution in [0.25, 0.3) is 10.9 Å². The Balaban J connectivity index is 1.61. The van der Waals surface area contributed by atoms with E-state index >= 15 is 4.39 Å². The number of rotatable bonds is 4. The maximum Gasteiger partial charge on any atom is 0.341 e. The fourth-order valence-corrected chi connectivity index (χ4v) is 5.03. The van der Waals surface area contributed by atoms with Crippen LogP contribution in [0, 0.1) is 5.82 Å². The lowest BCUT2D eigenvalue weighted by Gasteiger charge is -2.40. The summed E-state index contributed by atoms with van der Waals surface area (Å²) in [7, 11) is 2.08. The van der Waals surface area contributed by atoms with Crippen molar-refractivity contribution in [2.24, 2.45) is 0 Å². The summed E-state index contributed by atoms with van der Waals surface area (Å²) in [5, 5.41) is 13.7. The molecular formula is C22H22FN3O3S. The highest BCUT2D eigenvalue weighted by atomic mass is 32.1. The molecule has 5 rings (SSSR count). The molecule has 0 radical (unpaired) electrons. The van der Waals surface area contributed by atoms with E-state index in [-0.39, 0.29) is 23.0 Å². The molecule has 2 aliphatic rings. The number of carboxylic acids is 1. The standard InChI is InChI=1S/C22H22FN3O3S/c1-24-5-6-25(11-20(24)13-4-7-30-12-13)19-9-18-15(8-17(19)23)21(27)16(22(28)29)10-26(18)14-2-3-14/h4,7-10,12,14,20H,2-3,5-6,11H2,1H3,(H,28,29). The van der Waals surface area contributed by atoms with Gasteiger partial charge in [-0.1, -0.05) is 0 Å². The number of fused-ring (bicyclic) bond motifs is 1. The van der Waals surface area contributed by atoms with Crippen molar-refractivity contribution in [3.05, 3.63) is 62.3 Å². The molecule has 8 heteroatoms. The van der Waals surface area contributed by atoms with Gasteiger partial charge in [-0.2, -0.15) is 11.3 Å². The van der Waals surface area contributed by atoms with Crippen LogP contribution < -0.4 is 10.3 Å². The first-order chi connectivity index (χ1) is 14.4. The molecule has 30 heavy (non-hydrogen) atoms. The summed E-state index contributed by atoms with van der Waals surface area (Å²) in [4.78, 5) is 28.5. The number of aromatic carboxylic acids is 1. The van der Waals surface area contributed by atoms with Crippen molar-refractivity contribution >= 4 is 33.9 Å². The molecule has 3 aromatic rings. The maximum absolute atomic E-state index is 15.2. The fraction of sp³-hybridized carbons (Fsp3) is 0.364. The molecule has 1 unspecified atom stereocenters. The van der Waals surface area contributed by atoms with Crippen molar-refractivity contribution in [1.82, 2.24) is 9.47 Å². The normalized spacial score (nSPS) is 20.1. The second kappa shape index (κ2) is 7.21. The summed E-state index contributed by atoms with van der Waals surface area (Å²) >= 11 is 1.65. The number of hydrogen-bond donors (Lipinski definition) is 1. The minimum absolute atomic E-state index is 0.131. The Hall–Kier alpha value is -2.71. The second-order valence-corrected chi connectivity index (χ2v) is 8.92. The second-order valence-electron chi connectivity index (χ2n) is 8.14. The number of anilines is 1. The molecule has 1 N–H and O–H groups in total. The van der Waals surface area contributed by atoms with Crippen LogP contribution in [0.1, 0.15) is 40.8 Å². The lowest BCUT2D eigenvalue weighted by Crippen LogP contribution is -2.47. The molecule has 1 saturated heterocycles. The van der Waals surface area contributed by atoms with Crippen molar-refractivity contribution in [2.45, 2.75) is 24.9 Å². The summed E-state index contributed by atoms with van der Waals surface area (Å²) in [5.41, 5.74) is 1.35. The smallest absolute Gasteiger partial charge is 0.341 e. The van der Waals surface area contributed by atoms with Gasteiger partial charge in [0.25, 0.3) is 0 Å². The number of aromatic nitrogens is 1. The number of likely N-dealkylation sites (N-methyl/N-ethyl adjacent to an activating group) is 1. The van der Waals surface area contributed by atoms with Crippen LogP contribution in [0.3, 0.4) is 0 Å². The molecule has 2 fully saturated rings. The number of nitrogens with zero attached hydrogens (tertiary/aromatic N) is 3. The van der Waals surface area contributed by atoms with Gasteiger partial charge < -0.3 is 14.6 Å². The van der Waals surface area contributed by atoms with Crippen LogP contribution >= 0.6 is 11.3 Å². The van der Waals surface area contributed by atoms with Crippen LogP contribution in [0.5, 0.6) is 0 Å². The Morgan fingerprint density at radius 3 is 2.73 bits per heavy atom. The largest absolute Gasteiger partial charge is 0.477 e. The zero-order chi connectivity index (χ0) is 21.0. The highest BCUT2D eigenvalue weighted by molar-refractivity contribution is 7.08. The van der Waals surface area contributed by atoms with E-state index in [1.165, 1.54) is 17.8 Å². The third kappa shape index (κ3) is 3.20. The Bertz CT molecular complexity index is 1190. The number of piperazine rings is 1. The van der Waals surface area contributed by atoms with E-state index < -0.39 is 17.2 Å². The van der Waals surface area contributed by atoms with Crippen LogP contribution in [0.15, 0.2) is 40.0 Å². The molecule has 0 amide bonds. The number of benzene rings is 1. The first kappa shape index (κ1) is 19.3. The molecular weight excluding hydrogens is 405 g/mol. The minimum Gasteiger partial charge on any atom is -0.477 e. The van der Waals surface area contributed by atoms with E-state index in [1.807, 2.05) is 14.8 Å². The van der Waals surface area contributed by atoms with Crippen molar-refractivity contribution in [1.29, 1.82) is 0 Å². The lowest BCUT2D eigenvalue weighted by molar-refractivity contribution is 0.0695. The molecule has 1 aromatic carbocycles. The van der Waals surface area contributed by atoms with Crippen molar-refractivity contribution in [3.8, 4) is 0 Å². The summed E-state index contributed by atoms with van der Waals surface area (Å²) < 4.78 is 17.0. The van der Waals surface area contributed by atoms with Crippen molar-refractivity contribution in [2.75, 3.05) is 31.6 Å². The summed E-state index contributed by atoms with van der Waals surface area (Å²) in [6.45, 7) is 2.13. The van der Waals surface area contributed by atoms with Crippen molar-refractivity contribution < 1.29 is 14.3 Å². The van der Waals surface area contributed by atoms with Crippen molar-refractivity contribution in [3.63, 3.8) is 0 Å². The Morgan fingerprint density at radius 1 is 1.27 bits per heavy atom. The summed E-state index contributed by atoms with van der Waals surface area (Å²) in [6, 6.07) is 5.38. The highest BCUT2D eigenvalue weighted by Crippen LogP contribution is 2.38. The Kier molecular flexibility index (Phi) is 4.63. The predicted octanol–water partition coefficient (Wildman–Crippen LogP) is 3.73. The van der Waals surface area contributed by atoms with Crippen LogP contribution in [0.2, 0.25) is 0 Å². The van der Waals surface area contributed by atoms with Gasteiger partial charge in [-0.3, -0.25) is 9.69 Å². The first-order valence-corrected chi connectivity index (χ1v) is 11.0. The van der Waals surface area contributed by atoms with Gasteiger partial charge in [0.1, 0.15) is 11.4 Å². The topological polar surface area (TPSA) is 65.8 Å². The number of hydrogen-bond acceptors (Lipinski definition) is 5. The maximum atomic E-state index is 15.2. The number of halogens is 1. The van der Waals surface area contributed by atoms with Gasteiger partial charge in [-0.25, -0.2) is 9.18 Å². The van der Waals surface area contributed by atoms with Gasteiger partial charge >= 0.3 is 5.97 Å². The zero-order valence-corrected chi connectivity index (χ0v) is 17.4. The first-order valence-electron chi connectivity index (χ1n) is 10.0. The van der Waals surface area contributed by atoms with Gasteiger partial charge in [0, 0.05) is 37.3 Å². The molecule has 1 aliphatic heterocycles. The SMILES string of the molecule is CN1CCN(c2cc3c(cc2F)c(=O)c(C(=O)O)cn3C2CC2)CC1c1ccsc1. The molecule has 6 nitrogen and oxygen atoms in total. The minimum atomic E-state index is -1.28. The van der Waals surface area contributed by atoms with Gasteiger partial charge in [0.05, 0.1) is 17.2 Å². The average molecular weight is 428 g/mol. The molecule has 1 saturated carbocycles. The number of carbonyl (C=O) groups is 1. The van der Waals surface area contributed by atoms with Gasteiger partial charge in [0.15, 0.2) is 0 Å². The predicted molar refractivity (Wildman–Crippen MR) is 115 cm³/mol. The molecule has 1 atom stereocenters. The zero-order valence-electron chi connectivity index (χ0n) is 16.5. The summed E-state index contributed by atoms with van der Waals surface area (Å²) in [6.07, 6.45) is 3.28. The van der Waals surface area contributed by atoms with Gasteiger partial charge in [-0.15, -0.1) is 0 Å². The van der Waals surface area contributed by atoms with Crippen LogP contribution in [-0.2, 0) is 0 Å². The Labute approximate surface area is 176 Å². The van der Waals surface area contributed by atoms with E-state index in [1.54, 1.807) is 17.4 Å². The third-order valence-corrected chi connectivity index (χ3v) is 6.89. The molecule has 2 aromatic heterocycles. The number of carboxylic acid groups (broad SMARTS) is 1. The Morgan fingerprint density at radius 2 is 2.07 bits per heavy atom. The molecule has 1 aliphatic carbocycles. The van der Waals surface area contributed by atoms with E-state index in [0.29, 0.717) is 24.3 Å². The highest BCUT2D eigenvalue weighted by Gasteiger charge is 2.30. The van der Waals surface area contributed by atoms with E-state index in [4.69, 9.17) is 0 Å². The van der Waals surface area contributed by atoms with E-state index in [0.717, 1.165) is 19.4 Å². The number of thiophene rings is 1. The van der Waals surface area contributed by atoms with Crippen LogP contribution in [0.4, 0.5) is 10.1 Å². The van der Waals surface area contributed by atoms with Gasteiger partial charge in [-0.05, 0) is 54.4 Å². The third-order valence-electron chi connectivity index (χ3n) is 6.19. The molecule has 0 bridgehead atoms. The van der Waals surface area contributed by atoms with Crippen LogP contribution in [-0.4, -0.2) is 47.2 Å². The van der Waals surface area contributed by atoms with E-state index in [2.05, 4.69) is 23.4 Å².